The van der Waals surface area contributed by atoms with E-state index in [1.54, 1.807) is 11.3 Å². The number of nitrogens with zero attached hydrogens (tertiary/aromatic N) is 2. The summed E-state index contributed by atoms with van der Waals surface area (Å²) in [5, 5.41) is 4.68. The molecule has 0 aromatic carbocycles. The Morgan fingerprint density at radius 2 is 2.12 bits per heavy atom. The Balaban J connectivity index is 2.40. The molecule has 0 saturated heterocycles. The zero-order chi connectivity index (χ0) is 12.1. The summed E-state index contributed by atoms with van der Waals surface area (Å²) in [6.45, 7) is 11.8. The first-order valence-corrected chi connectivity index (χ1v) is 6.72. The van der Waals surface area contributed by atoms with Crippen molar-refractivity contribution >= 4 is 11.3 Å². The molecule has 0 saturated carbocycles. The van der Waals surface area contributed by atoms with Crippen molar-refractivity contribution in [2.75, 3.05) is 26.7 Å². The number of aromatic nitrogens is 1. The lowest BCUT2D eigenvalue weighted by molar-refractivity contribution is 0.341. The van der Waals surface area contributed by atoms with Crippen LogP contribution in [0.5, 0.6) is 0 Å². The zero-order valence-corrected chi connectivity index (χ0v) is 11.8. The maximum Gasteiger partial charge on any atom is 0.0900 e. The molecule has 0 aliphatic rings. The highest BCUT2D eigenvalue weighted by Crippen LogP contribution is 2.22. The number of hydrogen-bond acceptors (Lipinski definition) is 4. The monoisotopic (exact) mass is 241 g/mol. The molecule has 4 heteroatoms. The van der Waals surface area contributed by atoms with E-state index in [2.05, 4.69) is 49.9 Å². The molecule has 0 aliphatic heterocycles. The molecule has 0 bridgehead atoms. The van der Waals surface area contributed by atoms with Crippen LogP contribution in [0.25, 0.3) is 0 Å². The molecule has 0 radical (unpaired) electrons. The van der Waals surface area contributed by atoms with Gasteiger partial charge in [0.05, 0.1) is 10.7 Å². The van der Waals surface area contributed by atoms with Crippen molar-refractivity contribution in [1.82, 2.24) is 15.2 Å². The molecule has 92 valence electrons. The van der Waals surface area contributed by atoms with Crippen molar-refractivity contribution in [2.24, 2.45) is 0 Å². The third kappa shape index (κ3) is 3.85. The number of rotatable bonds is 6. The number of nitrogens with one attached hydrogen (secondary N) is 1. The molecule has 1 aromatic rings. The van der Waals surface area contributed by atoms with Gasteiger partial charge in [-0.25, -0.2) is 4.98 Å². The second kappa shape index (κ2) is 6.33. The fraction of sp³-hybridized carbons (Fsp3) is 0.750. The van der Waals surface area contributed by atoms with Crippen LogP contribution in [0.1, 0.15) is 35.5 Å². The molecule has 0 amide bonds. The Labute approximate surface area is 103 Å². The van der Waals surface area contributed by atoms with Crippen molar-refractivity contribution in [3.63, 3.8) is 0 Å². The second-order valence-corrected chi connectivity index (χ2v) is 5.65. The molecule has 1 unspecified atom stereocenters. The predicted molar refractivity (Wildman–Crippen MR) is 71.2 cm³/mol. The van der Waals surface area contributed by atoms with Crippen LogP contribution in [0.2, 0.25) is 0 Å². The molecule has 1 atom stereocenters. The Kier molecular flexibility index (Phi) is 5.38. The van der Waals surface area contributed by atoms with E-state index in [-0.39, 0.29) is 0 Å². The minimum Gasteiger partial charge on any atom is -0.308 e. The number of aryl methyl sites for hydroxylation is 2. The van der Waals surface area contributed by atoms with Crippen LogP contribution in [0.15, 0.2) is 0 Å². The van der Waals surface area contributed by atoms with E-state index in [9.17, 15) is 0 Å². The highest BCUT2D eigenvalue weighted by molar-refractivity contribution is 7.11. The van der Waals surface area contributed by atoms with Crippen LogP contribution in [-0.4, -0.2) is 36.6 Å². The molecule has 1 rings (SSSR count). The largest absolute Gasteiger partial charge is 0.308 e. The van der Waals surface area contributed by atoms with Crippen molar-refractivity contribution < 1.29 is 0 Å². The average molecular weight is 241 g/mol. The molecule has 1 N–H and O–H groups in total. The van der Waals surface area contributed by atoms with Gasteiger partial charge >= 0.3 is 0 Å². The molecule has 0 spiro atoms. The van der Waals surface area contributed by atoms with E-state index in [0.717, 1.165) is 24.6 Å². The van der Waals surface area contributed by atoms with E-state index in [1.807, 2.05) is 0 Å². The normalized spacial score (nSPS) is 13.4. The summed E-state index contributed by atoms with van der Waals surface area (Å²) >= 11 is 1.78. The molecule has 1 aromatic heterocycles. The summed E-state index contributed by atoms with van der Waals surface area (Å²) in [5.74, 6) is 0. The van der Waals surface area contributed by atoms with Crippen LogP contribution in [0, 0.1) is 13.8 Å². The predicted octanol–water partition coefficient (Wildman–Crippen LogP) is 2.36. The smallest absolute Gasteiger partial charge is 0.0900 e. The van der Waals surface area contributed by atoms with Crippen LogP contribution in [0.3, 0.4) is 0 Å². The van der Waals surface area contributed by atoms with E-state index in [0.29, 0.717) is 6.04 Å². The van der Waals surface area contributed by atoms with Gasteiger partial charge in [0, 0.05) is 24.0 Å². The molecule has 0 fully saturated rings. The maximum absolute atomic E-state index is 4.57. The summed E-state index contributed by atoms with van der Waals surface area (Å²) in [6, 6.07) is 0.357. The van der Waals surface area contributed by atoms with Gasteiger partial charge in [-0.15, -0.1) is 11.3 Å². The standard InChI is InChI=1S/C12H23N3S/c1-6-15(5)8-7-13-9(2)12-10(3)16-11(4)14-12/h9,13H,6-8H2,1-5H3. The van der Waals surface area contributed by atoms with Gasteiger partial charge in [0.25, 0.3) is 0 Å². The van der Waals surface area contributed by atoms with Crippen LogP contribution >= 0.6 is 11.3 Å². The Hall–Kier alpha value is -0.450. The first-order valence-electron chi connectivity index (χ1n) is 5.90. The average Bonchev–Trinajstić information content (AvgIpc) is 2.57. The van der Waals surface area contributed by atoms with Gasteiger partial charge < -0.3 is 10.2 Å². The molecular formula is C12H23N3S. The molecule has 16 heavy (non-hydrogen) atoms. The van der Waals surface area contributed by atoms with Gasteiger partial charge in [0.1, 0.15) is 0 Å². The van der Waals surface area contributed by atoms with Crippen molar-refractivity contribution in [1.29, 1.82) is 0 Å². The van der Waals surface area contributed by atoms with Crippen LogP contribution < -0.4 is 5.32 Å². The van der Waals surface area contributed by atoms with Crippen molar-refractivity contribution in [2.45, 2.75) is 33.7 Å². The second-order valence-electron chi connectivity index (χ2n) is 4.25. The SMILES string of the molecule is CCN(C)CCNC(C)c1nc(C)sc1C. The fourth-order valence-corrected chi connectivity index (χ4v) is 2.59. The van der Waals surface area contributed by atoms with E-state index in [1.165, 1.54) is 10.6 Å². The molecular weight excluding hydrogens is 218 g/mol. The van der Waals surface area contributed by atoms with Gasteiger partial charge in [0.15, 0.2) is 0 Å². The minimum atomic E-state index is 0.357. The van der Waals surface area contributed by atoms with Gasteiger partial charge in [-0.2, -0.15) is 0 Å². The number of hydrogen-bond donors (Lipinski definition) is 1. The summed E-state index contributed by atoms with van der Waals surface area (Å²) in [7, 11) is 2.14. The molecule has 1 heterocycles. The highest BCUT2D eigenvalue weighted by Gasteiger charge is 2.12. The van der Waals surface area contributed by atoms with Gasteiger partial charge in [-0.1, -0.05) is 6.92 Å². The highest BCUT2D eigenvalue weighted by atomic mass is 32.1. The first-order chi connectivity index (χ1) is 7.54. The van der Waals surface area contributed by atoms with Gasteiger partial charge in [-0.3, -0.25) is 0 Å². The molecule has 3 nitrogen and oxygen atoms in total. The Morgan fingerprint density at radius 1 is 1.44 bits per heavy atom. The maximum atomic E-state index is 4.57. The first kappa shape index (κ1) is 13.6. The molecule has 0 aliphatic carbocycles. The van der Waals surface area contributed by atoms with E-state index < -0.39 is 0 Å². The summed E-state index contributed by atoms with van der Waals surface area (Å²) in [5.41, 5.74) is 1.21. The summed E-state index contributed by atoms with van der Waals surface area (Å²) in [4.78, 5) is 8.21. The van der Waals surface area contributed by atoms with E-state index >= 15 is 0 Å². The minimum absolute atomic E-state index is 0.357. The number of likely N-dealkylation sites (N-methyl/N-ethyl adjacent to an activating group) is 1. The van der Waals surface area contributed by atoms with Crippen LogP contribution in [0.4, 0.5) is 0 Å². The Morgan fingerprint density at radius 3 is 2.62 bits per heavy atom. The topological polar surface area (TPSA) is 28.2 Å². The lowest BCUT2D eigenvalue weighted by Gasteiger charge is -2.17. The van der Waals surface area contributed by atoms with Crippen molar-refractivity contribution in [3.05, 3.63) is 15.6 Å². The van der Waals surface area contributed by atoms with Crippen LogP contribution in [-0.2, 0) is 0 Å². The zero-order valence-electron chi connectivity index (χ0n) is 11.0. The lowest BCUT2D eigenvalue weighted by Crippen LogP contribution is -2.30. The van der Waals surface area contributed by atoms with Gasteiger partial charge in [0.2, 0.25) is 0 Å². The Bertz CT molecular complexity index is 322. The number of thiazole rings is 1. The quantitative estimate of drug-likeness (QED) is 0.829. The fourth-order valence-electron chi connectivity index (χ4n) is 1.67. The lowest BCUT2D eigenvalue weighted by atomic mass is 10.2. The third-order valence-corrected chi connectivity index (χ3v) is 3.74. The third-order valence-electron chi connectivity index (χ3n) is 2.83. The summed E-state index contributed by atoms with van der Waals surface area (Å²) < 4.78 is 0. The van der Waals surface area contributed by atoms with Gasteiger partial charge in [-0.05, 0) is 34.4 Å². The summed E-state index contributed by atoms with van der Waals surface area (Å²) in [6.07, 6.45) is 0. The van der Waals surface area contributed by atoms with E-state index in [4.69, 9.17) is 0 Å². The van der Waals surface area contributed by atoms with Crippen molar-refractivity contribution in [3.8, 4) is 0 Å².